The lowest BCUT2D eigenvalue weighted by atomic mass is 10.0. The highest BCUT2D eigenvalue weighted by Gasteiger charge is 2.14. The summed E-state index contributed by atoms with van der Waals surface area (Å²) in [5.41, 5.74) is 3.47. The molecular formula is C17H21ClN2. The predicted molar refractivity (Wildman–Crippen MR) is 85.2 cm³/mol. The quantitative estimate of drug-likeness (QED) is 0.856. The fourth-order valence-corrected chi connectivity index (χ4v) is 2.45. The third-order valence-electron chi connectivity index (χ3n) is 3.32. The Hall–Kier alpha value is -1.38. The van der Waals surface area contributed by atoms with Crippen LogP contribution in [-0.2, 0) is 6.42 Å². The zero-order valence-electron chi connectivity index (χ0n) is 12.1. The van der Waals surface area contributed by atoms with Crippen molar-refractivity contribution in [2.24, 2.45) is 0 Å². The van der Waals surface area contributed by atoms with Crippen LogP contribution in [0.4, 0.5) is 0 Å². The highest BCUT2D eigenvalue weighted by atomic mass is 35.5. The normalized spacial score (nSPS) is 12.3. The summed E-state index contributed by atoms with van der Waals surface area (Å²) >= 11 is 6.27. The molecule has 0 radical (unpaired) electrons. The van der Waals surface area contributed by atoms with Crippen LogP contribution in [0.5, 0.6) is 0 Å². The average Bonchev–Trinajstić information content (AvgIpc) is 2.45. The number of aryl methyl sites for hydroxylation is 1. The molecule has 0 fully saturated rings. The lowest BCUT2D eigenvalue weighted by molar-refractivity contribution is 0.517. The average molecular weight is 289 g/mol. The summed E-state index contributed by atoms with van der Waals surface area (Å²) in [7, 11) is 0. The fraction of sp³-hybridized carbons (Fsp3) is 0.353. The van der Waals surface area contributed by atoms with Crippen LogP contribution in [-0.4, -0.2) is 11.5 Å². The van der Waals surface area contributed by atoms with Crippen molar-refractivity contribution in [2.75, 3.05) is 6.54 Å². The molecule has 1 heterocycles. The SMILES string of the molecule is CCCNC(Cc1ccccc1Cl)c1cc(C)ccn1. The molecule has 1 aromatic heterocycles. The molecule has 1 atom stereocenters. The van der Waals surface area contributed by atoms with Gasteiger partial charge in [0.2, 0.25) is 0 Å². The summed E-state index contributed by atoms with van der Waals surface area (Å²) < 4.78 is 0. The highest BCUT2D eigenvalue weighted by Crippen LogP contribution is 2.23. The van der Waals surface area contributed by atoms with Gasteiger partial charge in [0.1, 0.15) is 0 Å². The Balaban J connectivity index is 2.21. The molecule has 0 amide bonds. The topological polar surface area (TPSA) is 24.9 Å². The van der Waals surface area contributed by atoms with E-state index in [-0.39, 0.29) is 6.04 Å². The van der Waals surface area contributed by atoms with Crippen LogP contribution in [0, 0.1) is 6.92 Å². The van der Waals surface area contributed by atoms with E-state index in [4.69, 9.17) is 11.6 Å². The summed E-state index contributed by atoms with van der Waals surface area (Å²) in [4.78, 5) is 4.51. The molecule has 0 saturated heterocycles. The van der Waals surface area contributed by atoms with Gasteiger partial charge in [-0.2, -0.15) is 0 Å². The summed E-state index contributed by atoms with van der Waals surface area (Å²) in [6, 6.07) is 12.4. The zero-order valence-corrected chi connectivity index (χ0v) is 12.8. The summed E-state index contributed by atoms with van der Waals surface area (Å²) in [6.45, 7) is 5.24. The van der Waals surface area contributed by atoms with Crippen molar-refractivity contribution in [3.05, 3.63) is 64.4 Å². The van der Waals surface area contributed by atoms with Crippen LogP contribution < -0.4 is 5.32 Å². The first-order valence-corrected chi connectivity index (χ1v) is 7.48. The molecule has 0 aliphatic rings. The van der Waals surface area contributed by atoms with Gasteiger partial charge in [-0.05, 0) is 55.6 Å². The predicted octanol–water partition coefficient (Wildman–Crippen LogP) is 4.33. The standard InChI is InChI=1S/C17H21ClN2/c1-3-9-19-17(16-11-13(2)8-10-20-16)12-14-6-4-5-7-15(14)18/h4-8,10-11,17,19H,3,9,12H2,1-2H3. The minimum absolute atomic E-state index is 0.203. The second-order valence-corrected chi connectivity index (χ2v) is 5.47. The van der Waals surface area contributed by atoms with Crippen molar-refractivity contribution in [1.82, 2.24) is 10.3 Å². The first-order chi connectivity index (χ1) is 9.70. The number of rotatable bonds is 6. The van der Waals surface area contributed by atoms with Gasteiger partial charge < -0.3 is 5.32 Å². The molecule has 20 heavy (non-hydrogen) atoms. The number of aromatic nitrogens is 1. The number of halogens is 1. The largest absolute Gasteiger partial charge is 0.308 e. The molecule has 2 rings (SSSR count). The van der Waals surface area contributed by atoms with E-state index < -0.39 is 0 Å². The van der Waals surface area contributed by atoms with E-state index in [0.717, 1.165) is 35.7 Å². The van der Waals surface area contributed by atoms with Crippen LogP contribution in [0.3, 0.4) is 0 Å². The second kappa shape index (κ2) is 7.41. The minimum Gasteiger partial charge on any atom is -0.308 e. The van der Waals surface area contributed by atoms with Crippen LogP contribution in [0.1, 0.15) is 36.2 Å². The van der Waals surface area contributed by atoms with Crippen molar-refractivity contribution in [1.29, 1.82) is 0 Å². The van der Waals surface area contributed by atoms with Gasteiger partial charge in [0.15, 0.2) is 0 Å². The molecule has 3 heteroatoms. The van der Waals surface area contributed by atoms with Gasteiger partial charge >= 0.3 is 0 Å². The third kappa shape index (κ3) is 4.06. The summed E-state index contributed by atoms with van der Waals surface area (Å²) in [5, 5.41) is 4.39. The van der Waals surface area contributed by atoms with Gasteiger partial charge in [-0.1, -0.05) is 36.7 Å². The van der Waals surface area contributed by atoms with Gasteiger partial charge in [0, 0.05) is 11.2 Å². The zero-order chi connectivity index (χ0) is 14.4. The number of pyridine rings is 1. The first kappa shape index (κ1) is 15.0. The highest BCUT2D eigenvalue weighted by molar-refractivity contribution is 6.31. The molecule has 1 N–H and O–H groups in total. The maximum atomic E-state index is 6.27. The van der Waals surface area contributed by atoms with E-state index in [1.54, 1.807) is 0 Å². The fourth-order valence-electron chi connectivity index (χ4n) is 2.23. The Morgan fingerprint density at radius 2 is 2.05 bits per heavy atom. The van der Waals surface area contributed by atoms with Crippen LogP contribution in [0.15, 0.2) is 42.6 Å². The van der Waals surface area contributed by atoms with Gasteiger partial charge in [-0.25, -0.2) is 0 Å². The van der Waals surface area contributed by atoms with Crippen molar-refractivity contribution >= 4 is 11.6 Å². The van der Waals surface area contributed by atoms with E-state index in [1.165, 1.54) is 5.56 Å². The van der Waals surface area contributed by atoms with Crippen molar-refractivity contribution in [2.45, 2.75) is 32.7 Å². The minimum atomic E-state index is 0.203. The maximum absolute atomic E-state index is 6.27. The first-order valence-electron chi connectivity index (χ1n) is 7.10. The number of hydrogen-bond acceptors (Lipinski definition) is 2. The molecule has 0 aliphatic heterocycles. The molecule has 0 bridgehead atoms. The van der Waals surface area contributed by atoms with E-state index in [0.29, 0.717) is 0 Å². The molecule has 0 spiro atoms. The molecule has 2 aromatic rings. The molecule has 1 aromatic carbocycles. The van der Waals surface area contributed by atoms with Crippen LogP contribution in [0.25, 0.3) is 0 Å². The summed E-state index contributed by atoms with van der Waals surface area (Å²) in [6.07, 6.45) is 3.83. The molecule has 0 aliphatic carbocycles. The molecule has 2 nitrogen and oxygen atoms in total. The number of nitrogens with one attached hydrogen (secondary N) is 1. The molecule has 0 saturated carbocycles. The van der Waals surface area contributed by atoms with Gasteiger partial charge in [-0.15, -0.1) is 0 Å². The Morgan fingerprint density at radius 3 is 2.75 bits per heavy atom. The lowest BCUT2D eigenvalue weighted by Gasteiger charge is -2.19. The summed E-state index contributed by atoms with van der Waals surface area (Å²) in [5.74, 6) is 0. The van der Waals surface area contributed by atoms with Crippen molar-refractivity contribution in [3.8, 4) is 0 Å². The van der Waals surface area contributed by atoms with Crippen molar-refractivity contribution in [3.63, 3.8) is 0 Å². The third-order valence-corrected chi connectivity index (χ3v) is 3.68. The Labute approximate surface area is 126 Å². The molecular weight excluding hydrogens is 268 g/mol. The Bertz CT molecular complexity index is 554. The number of benzene rings is 1. The van der Waals surface area contributed by atoms with Gasteiger partial charge in [0.05, 0.1) is 11.7 Å². The monoisotopic (exact) mass is 288 g/mol. The maximum Gasteiger partial charge on any atom is 0.0579 e. The number of hydrogen-bond donors (Lipinski definition) is 1. The van der Waals surface area contributed by atoms with Crippen molar-refractivity contribution < 1.29 is 0 Å². The Kier molecular flexibility index (Phi) is 5.57. The van der Waals surface area contributed by atoms with Crippen LogP contribution in [0.2, 0.25) is 5.02 Å². The Morgan fingerprint density at radius 1 is 1.25 bits per heavy atom. The van der Waals surface area contributed by atoms with E-state index >= 15 is 0 Å². The lowest BCUT2D eigenvalue weighted by Crippen LogP contribution is -2.25. The van der Waals surface area contributed by atoms with E-state index in [2.05, 4.69) is 36.3 Å². The molecule has 106 valence electrons. The smallest absolute Gasteiger partial charge is 0.0579 e. The second-order valence-electron chi connectivity index (χ2n) is 5.06. The van der Waals surface area contributed by atoms with E-state index in [9.17, 15) is 0 Å². The van der Waals surface area contributed by atoms with Gasteiger partial charge in [0.25, 0.3) is 0 Å². The van der Waals surface area contributed by atoms with Crippen LogP contribution >= 0.6 is 11.6 Å². The van der Waals surface area contributed by atoms with Gasteiger partial charge in [-0.3, -0.25) is 4.98 Å². The molecule has 1 unspecified atom stereocenters. The number of nitrogens with zero attached hydrogens (tertiary/aromatic N) is 1. The van der Waals surface area contributed by atoms with E-state index in [1.807, 2.05) is 30.5 Å².